The normalized spacial score (nSPS) is 19.1. The largest absolute Gasteiger partial charge is 0.377 e. The lowest BCUT2D eigenvalue weighted by molar-refractivity contribution is 0.129. The molecule has 1 aromatic carbocycles. The van der Waals surface area contributed by atoms with Gasteiger partial charge >= 0.3 is 0 Å². The third-order valence-electron chi connectivity index (χ3n) is 3.34. The molecule has 2 heterocycles. The van der Waals surface area contributed by atoms with E-state index in [9.17, 15) is 0 Å². The van der Waals surface area contributed by atoms with Crippen molar-refractivity contribution in [2.45, 2.75) is 24.7 Å². The van der Waals surface area contributed by atoms with Gasteiger partial charge in [0, 0.05) is 29.1 Å². The Labute approximate surface area is 122 Å². The zero-order chi connectivity index (χ0) is 13.1. The predicted molar refractivity (Wildman–Crippen MR) is 81.9 cm³/mol. The zero-order valence-electron chi connectivity index (χ0n) is 10.6. The smallest absolute Gasteiger partial charge is 0.133 e. The highest BCUT2D eigenvalue weighted by Crippen LogP contribution is 2.26. The highest BCUT2D eigenvalue weighted by atomic mass is 35.5. The molecule has 0 aliphatic carbocycles. The molecular weight excluding hydrogens is 278 g/mol. The Bertz CT molecular complexity index is 569. The van der Waals surface area contributed by atoms with Gasteiger partial charge in [0.15, 0.2) is 0 Å². The second-order valence-corrected chi connectivity index (χ2v) is 6.17. The Balaban J connectivity index is 1.67. The molecule has 1 aliphatic heterocycles. The first-order valence-electron chi connectivity index (χ1n) is 6.56. The Hall–Kier alpha value is -0.770. The van der Waals surface area contributed by atoms with Crippen LogP contribution in [0.1, 0.15) is 18.4 Å². The minimum Gasteiger partial charge on any atom is -0.377 e. The van der Waals surface area contributed by atoms with Gasteiger partial charge in [-0.2, -0.15) is 11.8 Å². The average molecular weight is 294 g/mol. The lowest BCUT2D eigenvalue weighted by Gasteiger charge is -2.09. The van der Waals surface area contributed by atoms with Gasteiger partial charge in [-0.25, -0.2) is 4.98 Å². The molecule has 1 atom stereocenters. The van der Waals surface area contributed by atoms with Crippen LogP contribution in [-0.2, 0) is 10.5 Å². The van der Waals surface area contributed by atoms with E-state index >= 15 is 0 Å². The molecule has 19 heavy (non-hydrogen) atoms. The summed E-state index contributed by atoms with van der Waals surface area (Å²) < 4.78 is 5.62. The van der Waals surface area contributed by atoms with E-state index in [0.717, 1.165) is 34.6 Å². The van der Waals surface area contributed by atoms with E-state index in [2.05, 4.69) is 17.1 Å². The number of aromatic nitrogens is 1. The monoisotopic (exact) mass is 293 g/mol. The summed E-state index contributed by atoms with van der Waals surface area (Å²) in [6.07, 6.45) is 2.82. The molecule has 1 aromatic heterocycles. The Morgan fingerprint density at radius 1 is 1.37 bits per heavy atom. The molecule has 0 N–H and O–H groups in total. The summed E-state index contributed by atoms with van der Waals surface area (Å²) in [6.45, 7) is 0.920. The summed E-state index contributed by atoms with van der Waals surface area (Å²) in [5.74, 6) is 1.94. The number of hydrogen-bond donors (Lipinski definition) is 0. The van der Waals surface area contributed by atoms with Crippen LogP contribution in [0.25, 0.3) is 10.9 Å². The van der Waals surface area contributed by atoms with Crippen molar-refractivity contribution in [2.75, 3.05) is 12.4 Å². The fraction of sp³-hybridized carbons (Fsp3) is 0.400. The topological polar surface area (TPSA) is 22.1 Å². The first kappa shape index (κ1) is 13.2. The van der Waals surface area contributed by atoms with Crippen LogP contribution in [0.15, 0.2) is 30.3 Å². The summed E-state index contributed by atoms with van der Waals surface area (Å²) in [6, 6.07) is 10.2. The fourth-order valence-corrected chi connectivity index (χ4v) is 3.69. The molecule has 0 bridgehead atoms. The summed E-state index contributed by atoms with van der Waals surface area (Å²) in [4.78, 5) is 4.45. The number of pyridine rings is 1. The predicted octanol–water partition coefficient (Wildman–Crippen LogP) is 4.30. The highest BCUT2D eigenvalue weighted by Gasteiger charge is 2.15. The number of ether oxygens (including phenoxy) is 1. The second-order valence-electron chi connectivity index (χ2n) is 4.78. The summed E-state index contributed by atoms with van der Waals surface area (Å²) in [7, 11) is 0. The van der Waals surface area contributed by atoms with Gasteiger partial charge in [0.25, 0.3) is 0 Å². The molecule has 0 radical (unpaired) electrons. The van der Waals surface area contributed by atoms with Crippen molar-refractivity contribution >= 4 is 34.3 Å². The molecule has 0 saturated carbocycles. The fourth-order valence-electron chi connectivity index (χ4n) is 2.31. The van der Waals surface area contributed by atoms with Crippen LogP contribution in [0.4, 0.5) is 0 Å². The maximum absolute atomic E-state index is 6.24. The quantitative estimate of drug-likeness (QED) is 0.785. The molecule has 1 saturated heterocycles. The first-order valence-corrected chi connectivity index (χ1v) is 8.10. The molecule has 100 valence electrons. The van der Waals surface area contributed by atoms with Gasteiger partial charge in [0.2, 0.25) is 0 Å². The minimum absolute atomic E-state index is 0.428. The van der Waals surface area contributed by atoms with Crippen molar-refractivity contribution in [3.8, 4) is 0 Å². The summed E-state index contributed by atoms with van der Waals surface area (Å²) in [5, 5.41) is 1.78. The van der Waals surface area contributed by atoms with Gasteiger partial charge in [0.05, 0.1) is 11.6 Å². The molecule has 3 rings (SSSR count). The van der Waals surface area contributed by atoms with Gasteiger partial charge in [-0.15, -0.1) is 0 Å². The molecular formula is C15H16ClNOS. The minimum atomic E-state index is 0.428. The number of para-hydroxylation sites is 1. The van der Waals surface area contributed by atoms with Gasteiger partial charge in [-0.1, -0.05) is 29.8 Å². The van der Waals surface area contributed by atoms with Crippen LogP contribution in [0.5, 0.6) is 0 Å². The number of fused-ring (bicyclic) bond motifs is 1. The Kier molecular flexibility index (Phi) is 4.26. The molecule has 1 fully saturated rings. The molecule has 1 unspecified atom stereocenters. The number of benzene rings is 1. The third kappa shape index (κ3) is 3.22. The molecule has 4 heteroatoms. The van der Waals surface area contributed by atoms with E-state index < -0.39 is 0 Å². The van der Waals surface area contributed by atoms with Gasteiger partial charge in [0.1, 0.15) is 5.15 Å². The third-order valence-corrected chi connectivity index (χ3v) is 4.79. The van der Waals surface area contributed by atoms with Crippen LogP contribution in [0, 0.1) is 0 Å². The van der Waals surface area contributed by atoms with Gasteiger partial charge in [-0.05, 0) is 25.0 Å². The van der Waals surface area contributed by atoms with Crippen molar-refractivity contribution in [2.24, 2.45) is 0 Å². The van der Waals surface area contributed by atoms with Gasteiger partial charge < -0.3 is 4.74 Å². The average Bonchev–Trinajstić information content (AvgIpc) is 2.92. The van der Waals surface area contributed by atoms with Crippen molar-refractivity contribution in [1.29, 1.82) is 0 Å². The lowest BCUT2D eigenvalue weighted by atomic mass is 10.2. The number of halogens is 1. The Morgan fingerprint density at radius 2 is 2.26 bits per heavy atom. The molecule has 2 nitrogen and oxygen atoms in total. The highest BCUT2D eigenvalue weighted by molar-refractivity contribution is 7.98. The maximum atomic E-state index is 6.24. The first-order chi connectivity index (χ1) is 9.33. The Morgan fingerprint density at radius 3 is 3.11 bits per heavy atom. The van der Waals surface area contributed by atoms with Crippen LogP contribution in [-0.4, -0.2) is 23.4 Å². The molecule has 1 aliphatic rings. The molecule has 0 spiro atoms. The number of rotatable bonds is 4. The lowest BCUT2D eigenvalue weighted by Crippen LogP contribution is -2.08. The molecule has 2 aromatic rings. The van der Waals surface area contributed by atoms with Crippen molar-refractivity contribution in [3.05, 3.63) is 41.0 Å². The second kappa shape index (κ2) is 6.12. The van der Waals surface area contributed by atoms with E-state index in [1.54, 1.807) is 0 Å². The van der Waals surface area contributed by atoms with E-state index in [-0.39, 0.29) is 0 Å². The number of thioether (sulfide) groups is 1. The van der Waals surface area contributed by atoms with E-state index in [0.29, 0.717) is 11.3 Å². The van der Waals surface area contributed by atoms with Crippen molar-refractivity contribution in [3.63, 3.8) is 0 Å². The van der Waals surface area contributed by atoms with Gasteiger partial charge in [-0.3, -0.25) is 0 Å². The molecule has 0 amide bonds. The van der Waals surface area contributed by atoms with E-state index in [1.807, 2.05) is 30.0 Å². The number of hydrogen-bond acceptors (Lipinski definition) is 3. The maximum Gasteiger partial charge on any atom is 0.133 e. The summed E-state index contributed by atoms with van der Waals surface area (Å²) in [5.41, 5.74) is 2.07. The zero-order valence-corrected chi connectivity index (χ0v) is 12.2. The van der Waals surface area contributed by atoms with E-state index in [4.69, 9.17) is 16.3 Å². The van der Waals surface area contributed by atoms with Crippen LogP contribution >= 0.6 is 23.4 Å². The van der Waals surface area contributed by atoms with Crippen LogP contribution < -0.4 is 0 Å². The SMILES string of the molecule is Clc1nc2ccccc2cc1CSCC1CCCO1. The van der Waals surface area contributed by atoms with Crippen LogP contribution in [0.2, 0.25) is 5.15 Å². The summed E-state index contributed by atoms with van der Waals surface area (Å²) >= 11 is 8.12. The van der Waals surface area contributed by atoms with Crippen LogP contribution in [0.3, 0.4) is 0 Å². The standard InChI is InChI=1S/C15H16ClNOS/c16-15-12(9-19-10-13-5-3-7-18-13)8-11-4-1-2-6-14(11)17-15/h1-2,4,6,8,13H,3,5,7,9-10H2. The number of nitrogens with zero attached hydrogens (tertiary/aromatic N) is 1. The van der Waals surface area contributed by atoms with E-state index in [1.165, 1.54) is 12.8 Å². The van der Waals surface area contributed by atoms with Crippen molar-refractivity contribution in [1.82, 2.24) is 4.98 Å². The van der Waals surface area contributed by atoms with Crippen molar-refractivity contribution < 1.29 is 4.74 Å².